The zero-order valence-corrected chi connectivity index (χ0v) is 14.6. The fraction of sp³-hybridized carbons (Fsp3) is 0.583. The summed E-state index contributed by atoms with van der Waals surface area (Å²) in [4.78, 5) is 10.5. The summed E-state index contributed by atoms with van der Waals surface area (Å²) in [6.45, 7) is 2.21. The predicted octanol–water partition coefficient (Wildman–Crippen LogP) is 2.07. The Morgan fingerprint density at radius 3 is 2.62 bits per heavy atom. The molecule has 0 atom stereocenters. The Morgan fingerprint density at radius 2 is 2.14 bits per heavy atom. The molecule has 9 heteroatoms. The van der Waals surface area contributed by atoms with Gasteiger partial charge in [0.25, 0.3) is 10.0 Å². The molecule has 0 saturated carbocycles. The van der Waals surface area contributed by atoms with Crippen molar-refractivity contribution in [1.82, 2.24) is 4.31 Å². The number of rotatable bonds is 5. The number of piperidine rings is 1. The average Bonchev–Trinajstić information content (AvgIpc) is 2.77. The van der Waals surface area contributed by atoms with Crippen molar-refractivity contribution in [3.63, 3.8) is 0 Å². The molecule has 0 aliphatic carbocycles. The first-order valence-electron chi connectivity index (χ1n) is 6.40. The number of ether oxygens (including phenoxy) is 1. The third-order valence-electron chi connectivity index (χ3n) is 3.27. The molecular formula is C12H16BrNO5S2. The van der Waals surface area contributed by atoms with E-state index in [-0.39, 0.29) is 12.7 Å². The Labute approximate surface area is 135 Å². The van der Waals surface area contributed by atoms with Crippen LogP contribution in [0.4, 0.5) is 0 Å². The maximum absolute atomic E-state index is 12.5. The third kappa shape index (κ3) is 4.04. The molecule has 2 rings (SSSR count). The number of hydrogen-bond acceptors (Lipinski definition) is 5. The van der Waals surface area contributed by atoms with Gasteiger partial charge in [-0.15, -0.1) is 11.3 Å². The lowest BCUT2D eigenvalue weighted by Gasteiger charge is -2.30. The van der Waals surface area contributed by atoms with Gasteiger partial charge in [-0.3, -0.25) is 0 Å². The molecule has 1 N–H and O–H groups in total. The quantitative estimate of drug-likeness (QED) is 0.821. The van der Waals surface area contributed by atoms with Crippen LogP contribution >= 0.6 is 27.3 Å². The van der Waals surface area contributed by atoms with Crippen molar-refractivity contribution in [1.29, 1.82) is 0 Å². The van der Waals surface area contributed by atoms with Crippen molar-refractivity contribution in [3.8, 4) is 0 Å². The number of carboxylic acids is 1. The molecule has 118 valence electrons. The van der Waals surface area contributed by atoms with E-state index in [1.807, 2.05) is 6.92 Å². The van der Waals surface area contributed by atoms with Crippen molar-refractivity contribution in [2.45, 2.75) is 30.1 Å². The Hall–Kier alpha value is -0.480. The second-order valence-corrected chi connectivity index (χ2v) is 9.37. The van der Waals surface area contributed by atoms with Crippen molar-refractivity contribution in [3.05, 3.63) is 15.4 Å². The van der Waals surface area contributed by atoms with Gasteiger partial charge >= 0.3 is 5.97 Å². The SMILES string of the molecule is Cc1cc(S(=O)(=O)N2CCC(OCC(=O)O)CC2)sc1Br. The van der Waals surface area contributed by atoms with Crippen molar-refractivity contribution in [2.75, 3.05) is 19.7 Å². The largest absolute Gasteiger partial charge is 0.480 e. The van der Waals surface area contributed by atoms with Crippen LogP contribution in [0.2, 0.25) is 0 Å². The fourth-order valence-electron chi connectivity index (χ4n) is 2.11. The van der Waals surface area contributed by atoms with E-state index in [1.165, 1.54) is 15.6 Å². The molecule has 1 aliphatic rings. The molecule has 1 aromatic rings. The number of sulfonamides is 1. The van der Waals surface area contributed by atoms with Crippen molar-refractivity contribution in [2.24, 2.45) is 0 Å². The molecule has 0 unspecified atom stereocenters. The van der Waals surface area contributed by atoms with Gasteiger partial charge in [-0.05, 0) is 47.3 Å². The number of nitrogens with zero attached hydrogens (tertiary/aromatic N) is 1. The predicted molar refractivity (Wildman–Crippen MR) is 82.1 cm³/mol. The molecule has 1 aliphatic heterocycles. The molecule has 0 aromatic carbocycles. The molecule has 6 nitrogen and oxygen atoms in total. The molecule has 0 spiro atoms. The van der Waals surface area contributed by atoms with Crippen LogP contribution in [-0.2, 0) is 19.6 Å². The lowest BCUT2D eigenvalue weighted by molar-refractivity contribution is -0.145. The molecule has 1 fully saturated rings. The number of aryl methyl sites for hydroxylation is 1. The van der Waals surface area contributed by atoms with Gasteiger partial charge in [-0.25, -0.2) is 13.2 Å². The van der Waals surface area contributed by atoms with Crippen LogP contribution < -0.4 is 0 Å². The van der Waals surface area contributed by atoms with Gasteiger partial charge in [0.05, 0.1) is 9.89 Å². The van der Waals surface area contributed by atoms with Crippen LogP contribution in [0, 0.1) is 6.92 Å². The number of thiophene rings is 1. The summed E-state index contributed by atoms with van der Waals surface area (Å²) in [5.74, 6) is -1.01. The van der Waals surface area contributed by atoms with E-state index in [0.717, 1.165) is 9.35 Å². The van der Waals surface area contributed by atoms with Crippen LogP contribution in [0.25, 0.3) is 0 Å². The van der Waals surface area contributed by atoms with Crippen LogP contribution in [0.3, 0.4) is 0 Å². The fourth-order valence-corrected chi connectivity index (χ4v) is 5.96. The van der Waals surface area contributed by atoms with Gasteiger partial charge < -0.3 is 9.84 Å². The second-order valence-electron chi connectivity index (χ2n) is 4.83. The molecule has 2 heterocycles. The highest BCUT2D eigenvalue weighted by Crippen LogP contribution is 2.33. The number of halogens is 1. The van der Waals surface area contributed by atoms with E-state index in [1.54, 1.807) is 6.07 Å². The lowest BCUT2D eigenvalue weighted by atomic mass is 10.1. The molecule has 0 amide bonds. The Kier molecular flexibility index (Phi) is 5.42. The van der Waals surface area contributed by atoms with Crippen LogP contribution in [0.5, 0.6) is 0 Å². The van der Waals surface area contributed by atoms with Crippen molar-refractivity contribution < 1.29 is 23.1 Å². The number of hydrogen-bond donors (Lipinski definition) is 1. The molecule has 0 radical (unpaired) electrons. The van der Waals surface area contributed by atoms with Crippen LogP contribution in [-0.4, -0.2) is 49.6 Å². The molecular weight excluding hydrogens is 382 g/mol. The smallest absolute Gasteiger partial charge is 0.329 e. The number of aliphatic carboxylic acids is 1. The van der Waals surface area contributed by atoms with Crippen LogP contribution in [0.1, 0.15) is 18.4 Å². The van der Waals surface area contributed by atoms with Gasteiger partial charge in [-0.2, -0.15) is 4.31 Å². The summed E-state index contributed by atoms with van der Waals surface area (Å²) in [5, 5.41) is 8.57. The van der Waals surface area contributed by atoms with Gasteiger partial charge in [0.2, 0.25) is 0 Å². The molecule has 1 saturated heterocycles. The summed E-state index contributed by atoms with van der Waals surface area (Å²) in [5.41, 5.74) is 0.901. The van der Waals surface area contributed by atoms with E-state index in [9.17, 15) is 13.2 Å². The van der Waals surface area contributed by atoms with E-state index < -0.39 is 16.0 Å². The van der Waals surface area contributed by atoms with E-state index in [2.05, 4.69) is 15.9 Å². The molecule has 21 heavy (non-hydrogen) atoms. The zero-order chi connectivity index (χ0) is 15.6. The summed E-state index contributed by atoms with van der Waals surface area (Å²) in [6, 6.07) is 1.66. The lowest BCUT2D eigenvalue weighted by Crippen LogP contribution is -2.41. The van der Waals surface area contributed by atoms with Gasteiger partial charge in [0, 0.05) is 13.1 Å². The Bertz CT molecular complexity index is 600. The highest BCUT2D eigenvalue weighted by molar-refractivity contribution is 9.11. The van der Waals surface area contributed by atoms with Gasteiger partial charge in [0.15, 0.2) is 0 Å². The third-order valence-corrected chi connectivity index (χ3v) is 7.76. The monoisotopic (exact) mass is 397 g/mol. The summed E-state index contributed by atoms with van der Waals surface area (Å²) in [7, 11) is -3.47. The maximum atomic E-state index is 12.5. The first-order chi connectivity index (χ1) is 9.80. The zero-order valence-electron chi connectivity index (χ0n) is 11.4. The first-order valence-corrected chi connectivity index (χ1v) is 9.45. The van der Waals surface area contributed by atoms with E-state index in [0.29, 0.717) is 30.1 Å². The Morgan fingerprint density at radius 1 is 1.52 bits per heavy atom. The minimum Gasteiger partial charge on any atom is -0.480 e. The minimum absolute atomic E-state index is 0.190. The summed E-state index contributed by atoms with van der Waals surface area (Å²) >= 11 is 4.54. The molecule has 0 bridgehead atoms. The number of carbonyl (C=O) groups is 1. The minimum atomic E-state index is -3.47. The van der Waals surface area contributed by atoms with Crippen molar-refractivity contribution >= 4 is 43.3 Å². The Balaban J connectivity index is 1.99. The summed E-state index contributed by atoms with van der Waals surface area (Å²) < 4.78 is 32.8. The average molecular weight is 398 g/mol. The highest BCUT2D eigenvalue weighted by Gasteiger charge is 2.31. The van der Waals surface area contributed by atoms with Gasteiger partial charge in [0.1, 0.15) is 10.8 Å². The summed E-state index contributed by atoms with van der Waals surface area (Å²) in [6.07, 6.45) is 0.833. The maximum Gasteiger partial charge on any atom is 0.329 e. The van der Waals surface area contributed by atoms with Gasteiger partial charge in [-0.1, -0.05) is 0 Å². The molecule has 1 aromatic heterocycles. The number of carboxylic acid groups (broad SMARTS) is 1. The van der Waals surface area contributed by atoms with Crippen LogP contribution in [0.15, 0.2) is 14.1 Å². The first kappa shape index (κ1) is 16.9. The van der Waals surface area contributed by atoms with E-state index in [4.69, 9.17) is 9.84 Å². The van der Waals surface area contributed by atoms with E-state index >= 15 is 0 Å². The topological polar surface area (TPSA) is 83.9 Å². The normalized spacial score (nSPS) is 18.0. The highest BCUT2D eigenvalue weighted by atomic mass is 79.9. The standard InChI is InChI=1S/C12H16BrNO5S2/c1-8-6-11(20-12(8)13)21(17,18)14-4-2-9(3-5-14)19-7-10(15)16/h6,9H,2-5,7H2,1H3,(H,15,16). The second kappa shape index (κ2) is 6.74.